The van der Waals surface area contributed by atoms with Gasteiger partial charge in [0.1, 0.15) is 11.6 Å². The first-order chi connectivity index (χ1) is 18.3. The van der Waals surface area contributed by atoms with Gasteiger partial charge < -0.3 is 15.4 Å². The third kappa shape index (κ3) is 7.91. The fraction of sp³-hybridized carbons (Fsp3) is 0.375. The third-order valence-electron chi connectivity index (χ3n) is 6.75. The number of alkyl carbamates (subject to hydrolysis) is 1. The molecule has 0 spiro atoms. The van der Waals surface area contributed by atoms with Crippen molar-refractivity contribution < 1.29 is 14.3 Å². The lowest BCUT2D eigenvalue weighted by Gasteiger charge is -2.39. The number of hydrogen-bond donors (Lipinski definition) is 2. The van der Waals surface area contributed by atoms with Gasteiger partial charge in [0.25, 0.3) is 0 Å². The average molecular weight is 531 g/mol. The Labute approximate surface area is 228 Å². The van der Waals surface area contributed by atoms with E-state index in [9.17, 15) is 9.59 Å². The number of ether oxygens (including phenoxy) is 1. The van der Waals surface area contributed by atoms with Gasteiger partial charge in [0.15, 0.2) is 0 Å². The molecule has 3 aromatic rings. The number of amides is 2. The van der Waals surface area contributed by atoms with E-state index in [1.165, 1.54) is 10.6 Å². The number of hydrogen-bond acceptors (Lipinski definition) is 3. The zero-order chi connectivity index (χ0) is 27.0. The molecule has 3 aromatic carbocycles. The molecular weight excluding hydrogens is 491 g/mol. The fourth-order valence-electron chi connectivity index (χ4n) is 5.09. The highest BCUT2D eigenvalue weighted by atomic mass is 31.1. The zero-order valence-electron chi connectivity index (χ0n) is 22.6. The Bertz CT molecular complexity index is 1130. The molecular formula is C32H39N2O3P. The minimum atomic E-state index is -0.727. The molecule has 0 unspecified atom stereocenters. The van der Waals surface area contributed by atoms with Crippen molar-refractivity contribution in [1.29, 1.82) is 0 Å². The van der Waals surface area contributed by atoms with E-state index in [0.29, 0.717) is 12.1 Å². The van der Waals surface area contributed by atoms with Crippen molar-refractivity contribution in [2.24, 2.45) is 0 Å². The first kappa shape index (κ1) is 27.9. The van der Waals surface area contributed by atoms with E-state index in [2.05, 4.69) is 71.3 Å². The van der Waals surface area contributed by atoms with E-state index in [4.69, 9.17) is 4.74 Å². The summed E-state index contributed by atoms with van der Waals surface area (Å²) in [5.74, 6) is -0.160. The topological polar surface area (TPSA) is 67.4 Å². The molecule has 2 amide bonds. The normalized spacial score (nSPS) is 18.4. The molecule has 3 atom stereocenters. The molecule has 2 N–H and O–H groups in total. The van der Waals surface area contributed by atoms with Gasteiger partial charge in [-0.1, -0.05) is 104 Å². The van der Waals surface area contributed by atoms with Crippen LogP contribution in [0.1, 0.15) is 52.0 Å². The molecule has 0 aromatic heterocycles. The van der Waals surface area contributed by atoms with E-state index >= 15 is 0 Å². The molecule has 0 saturated heterocycles. The van der Waals surface area contributed by atoms with Gasteiger partial charge in [-0.15, -0.1) is 0 Å². The van der Waals surface area contributed by atoms with Crippen molar-refractivity contribution >= 4 is 30.5 Å². The molecule has 0 heterocycles. The lowest BCUT2D eigenvalue weighted by Crippen LogP contribution is -2.54. The maximum atomic E-state index is 13.8. The zero-order valence-corrected chi connectivity index (χ0v) is 23.5. The first-order valence-electron chi connectivity index (χ1n) is 13.5. The Kier molecular flexibility index (Phi) is 9.58. The highest BCUT2D eigenvalue weighted by Crippen LogP contribution is 2.46. The summed E-state index contributed by atoms with van der Waals surface area (Å²) in [5.41, 5.74) is 0.652. The molecule has 4 rings (SSSR count). The number of carbonyl (C=O) groups excluding carboxylic acids is 2. The van der Waals surface area contributed by atoms with Gasteiger partial charge in [-0.3, -0.25) is 4.79 Å². The molecule has 1 fully saturated rings. The molecule has 1 aliphatic rings. The van der Waals surface area contributed by atoms with Crippen LogP contribution in [0.4, 0.5) is 4.79 Å². The minimum absolute atomic E-state index is 0.0292. The van der Waals surface area contributed by atoms with Crippen molar-refractivity contribution in [2.75, 3.05) is 0 Å². The number of benzene rings is 3. The van der Waals surface area contributed by atoms with Crippen LogP contribution in [-0.2, 0) is 16.0 Å². The van der Waals surface area contributed by atoms with Crippen molar-refractivity contribution in [3.05, 3.63) is 96.6 Å². The second kappa shape index (κ2) is 13.1. The SMILES string of the molecule is CC(C)(C)OC(=O)N[C@@H](Cc1ccccc1)C(=O)N[C@@H]1CCCC[C@H]1P(c1ccccc1)c1ccccc1. The Hall–Kier alpha value is -3.17. The van der Waals surface area contributed by atoms with Crippen LogP contribution >= 0.6 is 7.92 Å². The van der Waals surface area contributed by atoms with Crippen LogP contribution in [-0.4, -0.2) is 35.3 Å². The molecule has 38 heavy (non-hydrogen) atoms. The smallest absolute Gasteiger partial charge is 0.408 e. The summed E-state index contributed by atoms with van der Waals surface area (Å²) in [7, 11) is -0.668. The lowest BCUT2D eigenvalue weighted by molar-refractivity contribution is -0.124. The monoisotopic (exact) mass is 530 g/mol. The van der Waals surface area contributed by atoms with Gasteiger partial charge in [-0.05, 0) is 57.7 Å². The summed E-state index contributed by atoms with van der Waals surface area (Å²) < 4.78 is 5.49. The number of rotatable bonds is 8. The maximum absolute atomic E-state index is 13.8. The highest BCUT2D eigenvalue weighted by molar-refractivity contribution is 7.73. The van der Waals surface area contributed by atoms with Gasteiger partial charge in [-0.2, -0.15) is 0 Å². The lowest BCUT2D eigenvalue weighted by atomic mass is 9.94. The molecule has 200 valence electrons. The molecule has 0 aliphatic heterocycles. The highest BCUT2D eigenvalue weighted by Gasteiger charge is 2.36. The van der Waals surface area contributed by atoms with E-state index in [1.807, 2.05) is 51.1 Å². The van der Waals surface area contributed by atoms with E-state index in [1.54, 1.807) is 0 Å². The molecule has 1 aliphatic carbocycles. The summed E-state index contributed by atoms with van der Waals surface area (Å²) >= 11 is 0. The molecule has 5 nitrogen and oxygen atoms in total. The molecule has 1 saturated carbocycles. The molecule has 0 radical (unpaired) electrons. The van der Waals surface area contributed by atoms with E-state index in [0.717, 1.165) is 31.2 Å². The Morgan fingerprint density at radius 2 is 1.37 bits per heavy atom. The Morgan fingerprint density at radius 3 is 1.92 bits per heavy atom. The van der Waals surface area contributed by atoms with Crippen LogP contribution in [0.15, 0.2) is 91.0 Å². The van der Waals surface area contributed by atoms with Gasteiger partial charge >= 0.3 is 6.09 Å². The molecule has 6 heteroatoms. The predicted octanol–water partition coefficient (Wildman–Crippen LogP) is 5.68. The quantitative estimate of drug-likeness (QED) is 0.368. The van der Waals surface area contributed by atoms with Crippen molar-refractivity contribution in [3.8, 4) is 0 Å². The second-order valence-electron chi connectivity index (χ2n) is 10.9. The van der Waals surface area contributed by atoms with Crippen LogP contribution in [0, 0.1) is 0 Å². The largest absolute Gasteiger partial charge is 0.444 e. The number of nitrogens with one attached hydrogen (secondary N) is 2. The minimum Gasteiger partial charge on any atom is -0.444 e. The van der Waals surface area contributed by atoms with Crippen LogP contribution in [0.25, 0.3) is 0 Å². The fourth-order valence-corrected chi connectivity index (χ4v) is 8.17. The Balaban J connectivity index is 1.58. The average Bonchev–Trinajstić information content (AvgIpc) is 2.90. The third-order valence-corrected chi connectivity index (χ3v) is 9.74. The van der Waals surface area contributed by atoms with Crippen LogP contribution in [0.3, 0.4) is 0 Å². The first-order valence-corrected chi connectivity index (χ1v) is 14.9. The summed E-state index contributed by atoms with van der Waals surface area (Å²) in [6.07, 6.45) is 4.04. The van der Waals surface area contributed by atoms with Crippen molar-refractivity contribution in [3.63, 3.8) is 0 Å². The van der Waals surface area contributed by atoms with Crippen molar-refractivity contribution in [1.82, 2.24) is 10.6 Å². The van der Waals surface area contributed by atoms with Gasteiger partial charge in [-0.25, -0.2) is 4.79 Å². The van der Waals surface area contributed by atoms with Gasteiger partial charge in [0, 0.05) is 18.1 Å². The number of carbonyl (C=O) groups is 2. The summed E-state index contributed by atoms with van der Waals surface area (Å²) in [6, 6.07) is 30.5. The predicted molar refractivity (Wildman–Crippen MR) is 157 cm³/mol. The van der Waals surface area contributed by atoms with Crippen LogP contribution < -0.4 is 21.2 Å². The van der Waals surface area contributed by atoms with Gasteiger partial charge in [0.2, 0.25) is 5.91 Å². The van der Waals surface area contributed by atoms with Crippen LogP contribution in [0.2, 0.25) is 0 Å². The van der Waals surface area contributed by atoms with Crippen molar-refractivity contribution in [2.45, 2.75) is 76.2 Å². The van der Waals surface area contributed by atoms with Gasteiger partial charge in [0.05, 0.1) is 0 Å². The summed E-state index contributed by atoms with van der Waals surface area (Å²) in [5, 5.41) is 8.89. The summed E-state index contributed by atoms with van der Waals surface area (Å²) in [6.45, 7) is 5.46. The van der Waals surface area contributed by atoms with E-state index < -0.39 is 25.7 Å². The standard InChI is InChI=1S/C32H39N2O3P/c1-32(2,3)37-31(36)34-28(23-24-15-7-4-8-16-24)30(35)33-27-21-13-14-22-29(27)38(25-17-9-5-10-18-25)26-19-11-6-12-20-26/h4-12,15-20,27-29H,13-14,21-23H2,1-3H3,(H,33,35)(H,34,36)/t27-,28+,29-/m1/s1. The maximum Gasteiger partial charge on any atom is 0.408 e. The summed E-state index contributed by atoms with van der Waals surface area (Å²) in [4.78, 5) is 26.5. The second-order valence-corrected chi connectivity index (χ2v) is 13.3. The Morgan fingerprint density at radius 1 is 0.842 bits per heavy atom. The van der Waals surface area contributed by atoms with E-state index in [-0.39, 0.29) is 11.9 Å². The molecule has 0 bridgehead atoms. The van der Waals surface area contributed by atoms with Crippen LogP contribution in [0.5, 0.6) is 0 Å².